The number of hydrogen-bond acceptors (Lipinski definition) is 6. The minimum absolute atomic E-state index is 0.0604. The Hall–Kier alpha value is -3.55. The van der Waals surface area contributed by atoms with Crippen LogP contribution in [0.3, 0.4) is 0 Å². The third-order valence-corrected chi connectivity index (χ3v) is 7.21. The van der Waals surface area contributed by atoms with E-state index in [1.165, 1.54) is 34.4 Å². The maximum atomic E-state index is 14.0. The lowest BCUT2D eigenvalue weighted by molar-refractivity contribution is -0.0222. The minimum atomic E-state index is -2.83. The molecule has 0 radical (unpaired) electrons. The van der Waals surface area contributed by atoms with Crippen LogP contribution in [0.1, 0.15) is 12.8 Å². The smallest absolute Gasteiger partial charge is 0.338 e. The van der Waals surface area contributed by atoms with Crippen LogP contribution in [0, 0.1) is 11.3 Å². The molecule has 3 aromatic heterocycles. The van der Waals surface area contributed by atoms with E-state index in [1.807, 2.05) is 35.7 Å². The Morgan fingerprint density at radius 1 is 1.17 bits per heavy atom. The molecule has 7 nitrogen and oxygen atoms in total. The normalized spacial score (nSPS) is 15.3. The summed E-state index contributed by atoms with van der Waals surface area (Å²) >= 11 is 7.51. The van der Waals surface area contributed by atoms with E-state index in [4.69, 9.17) is 11.6 Å². The summed E-state index contributed by atoms with van der Waals surface area (Å²) < 4.78 is 31.0. The molecule has 0 unspecified atom stereocenters. The number of halogens is 3. The van der Waals surface area contributed by atoms with Crippen molar-refractivity contribution in [2.45, 2.75) is 25.3 Å². The summed E-state index contributed by atoms with van der Waals surface area (Å²) in [5.41, 5.74) is -0.516. The van der Waals surface area contributed by atoms with Gasteiger partial charge in [-0.05, 0) is 12.1 Å². The molecule has 1 aliphatic rings. The molecule has 4 heterocycles. The van der Waals surface area contributed by atoms with Crippen molar-refractivity contribution < 1.29 is 8.78 Å². The number of nitrogens with zero attached hydrogens (tertiary/aromatic N) is 5. The van der Waals surface area contributed by atoms with E-state index in [0.717, 1.165) is 14.7 Å². The Kier molecular flexibility index (Phi) is 5.91. The monoisotopic (exact) mass is 513 g/mol. The number of rotatable bonds is 4. The Morgan fingerprint density at radius 2 is 1.91 bits per heavy atom. The van der Waals surface area contributed by atoms with Crippen LogP contribution in [0.2, 0.25) is 5.02 Å². The number of aromatic nitrogens is 3. The van der Waals surface area contributed by atoms with E-state index in [-0.39, 0.29) is 41.7 Å². The molecule has 1 aromatic carbocycles. The number of piperidine rings is 1. The predicted molar refractivity (Wildman–Crippen MR) is 132 cm³/mol. The molecule has 11 heteroatoms. The fraction of sp³-hybridized carbons (Fsp3) is 0.250. The van der Waals surface area contributed by atoms with Crippen molar-refractivity contribution in [3.05, 3.63) is 74.0 Å². The number of thiophene rings is 1. The van der Waals surface area contributed by atoms with Crippen LogP contribution in [-0.2, 0) is 6.54 Å². The van der Waals surface area contributed by atoms with Gasteiger partial charge in [0, 0.05) is 53.2 Å². The van der Waals surface area contributed by atoms with Crippen molar-refractivity contribution in [2.24, 2.45) is 0 Å². The second-order valence-corrected chi connectivity index (χ2v) is 9.56. The van der Waals surface area contributed by atoms with Crippen LogP contribution in [-0.4, -0.2) is 33.1 Å². The average Bonchev–Trinajstić information content (AvgIpc) is 3.25. The van der Waals surface area contributed by atoms with Gasteiger partial charge < -0.3 is 4.90 Å². The first kappa shape index (κ1) is 23.2. The quantitative estimate of drug-likeness (QED) is 0.395. The Bertz CT molecular complexity index is 1590. The summed E-state index contributed by atoms with van der Waals surface area (Å²) in [5.74, 6) is -2.65. The molecule has 0 aliphatic carbocycles. The van der Waals surface area contributed by atoms with Crippen molar-refractivity contribution >= 4 is 38.8 Å². The van der Waals surface area contributed by atoms with Crippen molar-refractivity contribution in [3.63, 3.8) is 0 Å². The Labute approximate surface area is 207 Å². The standard InChI is InChI=1S/C24H18ClF2N5O2S/c25-15-11-16(13-29-12-15)32-22(33)20(18-14-35-19-4-2-1-3-17(18)19)21(31(10-7-28)23(32)34)30-8-5-24(26,27)6-9-30/h1-4,11-14H,5-6,8-10H2. The zero-order valence-corrected chi connectivity index (χ0v) is 19.8. The van der Waals surface area contributed by atoms with Crippen LogP contribution < -0.4 is 16.1 Å². The number of benzene rings is 1. The van der Waals surface area contributed by atoms with Gasteiger partial charge >= 0.3 is 5.69 Å². The summed E-state index contributed by atoms with van der Waals surface area (Å²) in [5, 5.41) is 12.4. The molecular weight excluding hydrogens is 496 g/mol. The lowest BCUT2D eigenvalue weighted by atomic mass is 10.0. The first-order chi connectivity index (χ1) is 16.8. The van der Waals surface area contributed by atoms with Gasteiger partial charge in [-0.15, -0.1) is 11.3 Å². The van der Waals surface area contributed by atoms with Gasteiger partial charge in [-0.25, -0.2) is 18.1 Å². The molecule has 0 N–H and O–H groups in total. The third kappa shape index (κ3) is 4.11. The molecule has 1 aliphatic heterocycles. The molecule has 5 rings (SSSR count). The lowest BCUT2D eigenvalue weighted by Gasteiger charge is -2.35. The highest BCUT2D eigenvalue weighted by atomic mass is 35.5. The van der Waals surface area contributed by atoms with Crippen LogP contribution in [0.25, 0.3) is 26.9 Å². The second-order valence-electron chi connectivity index (χ2n) is 8.22. The lowest BCUT2D eigenvalue weighted by Crippen LogP contribution is -2.47. The minimum Gasteiger partial charge on any atom is -0.357 e. The fourth-order valence-corrected chi connectivity index (χ4v) is 5.51. The van der Waals surface area contributed by atoms with Crippen molar-refractivity contribution in [3.8, 4) is 22.9 Å². The van der Waals surface area contributed by atoms with E-state index in [1.54, 1.807) is 4.90 Å². The first-order valence-electron chi connectivity index (χ1n) is 10.8. The third-order valence-electron chi connectivity index (χ3n) is 6.04. The van der Waals surface area contributed by atoms with Crippen LogP contribution in [0.4, 0.5) is 14.6 Å². The molecule has 0 spiro atoms. The second kappa shape index (κ2) is 8.91. The number of pyridine rings is 1. The summed E-state index contributed by atoms with van der Waals surface area (Å²) in [7, 11) is 0. The van der Waals surface area contributed by atoms with Gasteiger partial charge in [-0.2, -0.15) is 5.26 Å². The van der Waals surface area contributed by atoms with Gasteiger partial charge in [0.05, 0.1) is 28.5 Å². The first-order valence-corrected chi connectivity index (χ1v) is 12.0. The topological polar surface area (TPSA) is 83.9 Å². The van der Waals surface area contributed by atoms with Gasteiger partial charge in [-0.3, -0.25) is 14.3 Å². The highest BCUT2D eigenvalue weighted by molar-refractivity contribution is 7.17. The molecule has 1 saturated heterocycles. The van der Waals surface area contributed by atoms with E-state index < -0.39 is 30.0 Å². The Balaban J connectivity index is 1.88. The summed E-state index contributed by atoms with van der Waals surface area (Å²) in [4.78, 5) is 33.2. The summed E-state index contributed by atoms with van der Waals surface area (Å²) in [6, 6.07) is 10.9. The van der Waals surface area contributed by atoms with Gasteiger partial charge in [0.15, 0.2) is 0 Å². The highest BCUT2D eigenvalue weighted by Crippen LogP contribution is 2.39. The number of fused-ring (bicyclic) bond motifs is 1. The van der Waals surface area contributed by atoms with E-state index in [2.05, 4.69) is 4.98 Å². The molecular formula is C24H18ClF2N5O2S. The number of anilines is 1. The SMILES string of the molecule is N#CCn1c(N2CCC(F)(F)CC2)c(-c2csc3ccccc23)c(=O)n(-c2cncc(Cl)c2)c1=O. The van der Waals surface area contributed by atoms with Gasteiger partial charge in [-0.1, -0.05) is 29.8 Å². The molecule has 0 saturated carbocycles. The van der Waals surface area contributed by atoms with Crippen molar-refractivity contribution in [1.29, 1.82) is 5.26 Å². The highest BCUT2D eigenvalue weighted by Gasteiger charge is 2.37. The Morgan fingerprint density at radius 3 is 2.63 bits per heavy atom. The number of hydrogen-bond donors (Lipinski definition) is 0. The molecule has 1 fully saturated rings. The zero-order valence-electron chi connectivity index (χ0n) is 18.2. The average molecular weight is 514 g/mol. The van der Waals surface area contributed by atoms with E-state index >= 15 is 0 Å². The zero-order chi connectivity index (χ0) is 24.7. The van der Waals surface area contributed by atoms with Crippen LogP contribution >= 0.6 is 22.9 Å². The molecule has 4 aromatic rings. The number of alkyl halides is 2. The molecule has 178 valence electrons. The van der Waals surface area contributed by atoms with Gasteiger partial charge in [0.2, 0.25) is 0 Å². The van der Waals surface area contributed by atoms with Crippen LogP contribution in [0.5, 0.6) is 0 Å². The van der Waals surface area contributed by atoms with Gasteiger partial charge in [0.1, 0.15) is 12.4 Å². The van der Waals surface area contributed by atoms with Gasteiger partial charge in [0.25, 0.3) is 11.5 Å². The molecule has 35 heavy (non-hydrogen) atoms. The molecule has 0 bridgehead atoms. The van der Waals surface area contributed by atoms with Crippen LogP contribution in [0.15, 0.2) is 57.7 Å². The maximum Gasteiger partial charge on any atom is 0.338 e. The summed E-state index contributed by atoms with van der Waals surface area (Å²) in [6.45, 7) is -0.491. The van der Waals surface area contributed by atoms with E-state index in [0.29, 0.717) is 5.56 Å². The van der Waals surface area contributed by atoms with E-state index in [9.17, 15) is 23.6 Å². The largest absolute Gasteiger partial charge is 0.357 e. The summed E-state index contributed by atoms with van der Waals surface area (Å²) in [6.07, 6.45) is 1.87. The predicted octanol–water partition coefficient (Wildman–Crippen LogP) is 4.69. The maximum absolute atomic E-state index is 14.0. The molecule has 0 amide bonds. The van der Waals surface area contributed by atoms with Crippen molar-refractivity contribution in [2.75, 3.05) is 18.0 Å². The fourth-order valence-electron chi connectivity index (χ4n) is 4.39. The number of nitriles is 1. The van der Waals surface area contributed by atoms with Crippen molar-refractivity contribution in [1.82, 2.24) is 14.1 Å². The molecule has 0 atom stereocenters.